The first-order chi connectivity index (χ1) is 14.1. The molecule has 3 heterocycles. The first-order valence-corrected chi connectivity index (χ1v) is 9.33. The van der Waals surface area contributed by atoms with Crippen molar-refractivity contribution in [3.05, 3.63) is 54.3 Å². The van der Waals surface area contributed by atoms with Crippen molar-refractivity contribution in [1.29, 1.82) is 0 Å². The van der Waals surface area contributed by atoms with Crippen LogP contribution >= 0.6 is 0 Å². The Balaban J connectivity index is 1.71. The lowest BCUT2D eigenvalue weighted by molar-refractivity contribution is -0.140. The molecule has 1 aromatic carbocycles. The lowest BCUT2D eigenvalue weighted by Gasteiger charge is -2.09. The summed E-state index contributed by atoms with van der Waals surface area (Å²) in [6, 6.07) is 8.01. The van der Waals surface area contributed by atoms with Crippen LogP contribution in [0.15, 0.2) is 47.4 Å². The fourth-order valence-corrected chi connectivity index (χ4v) is 3.33. The number of nitrogens with one attached hydrogen (secondary N) is 1. The van der Waals surface area contributed by atoms with Crippen molar-refractivity contribution in [2.45, 2.75) is 20.8 Å². The Morgan fingerprint density at radius 3 is 2.66 bits per heavy atom. The highest BCUT2D eigenvalue weighted by molar-refractivity contribution is 5.81. The Bertz CT molecular complexity index is 1140. The van der Waals surface area contributed by atoms with Crippen molar-refractivity contribution in [3.8, 4) is 22.4 Å². The number of esters is 1. The summed E-state index contributed by atoms with van der Waals surface area (Å²) in [5.41, 5.74) is 5.20. The Morgan fingerprint density at radius 2 is 1.97 bits per heavy atom. The molecule has 29 heavy (non-hydrogen) atoms. The summed E-state index contributed by atoms with van der Waals surface area (Å²) >= 11 is 0. The second-order valence-corrected chi connectivity index (χ2v) is 6.55. The van der Waals surface area contributed by atoms with Crippen molar-refractivity contribution in [2.75, 3.05) is 18.5 Å². The summed E-state index contributed by atoms with van der Waals surface area (Å²) < 4.78 is 12.2. The first-order valence-electron chi connectivity index (χ1n) is 9.33. The van der Waals surface area contributed by atoms with Crippen LogP contribution in [0.2, 0.25) is 0 Å². The minimum absolute atomic E-state index is 0.0497. The molecule has 1 N–H and O–H groups in total. The minimum atomic E-state index is -0.323. The summed E-state index contributed by atoms with van der Waals surface area (Å²) in [7, 11) is 0. The average molecular weight is 391 g/mol. The van der Waals surface area contributed by atoms with Gasteiger partial charge in [-0.1, -0.05) is 29.4 Å². The zero-order valence-electron chi connectivity index (χ0n) is 16.5. The second kappa shape index (κ2) is 7.75. The van der Waals surface area contributed by atoms with Gasteiger partial charge in [0, 0.05) is 23.5 Å². The molecule has 0 saturated heterocycles. The molecule has 0 atom stereocenters. The molecular weight excluding hydrogens is 370 g/mol. The van der Waals surface area contributed by atoms with Gasteiger partial charge >= 0.3 is 5.97 Å². The van der Waals surface area contributed by atoms with Gasteiger partial charge in [-0.05, 0) is 26.3 Å². The van der Waals surface area contributed by atoms with E-state index < -0.39 is 0 Å². The number of carbonyl (C=O) groups is 1. The molecular formula is C21H21N5O3. The van der Waals surface area contributed by atoms with E-state index in [0.29, 0.717) is 18.1 Å². The number of nitrogens with zero attached hydrogens (tertiary/aromatic N) is 4. The third kappa shape index (κ3) is 3.56. The van der Waals surface area contributed by atoms with Crippen LogP contribution in [0.3, 0.4) is 0 Å². The van der Waals surface area contributed by atoms with Gasteiger partial charge in [0.05, 0.1) is 18.5 Å². The van der Waals surface area contributed by atoms with Crippen LogP contribution in [-0.4, -0.2) is 38.6 Å². The number of benzene rings is 1. The van der Waals surface area contributed by atoms with E-state index in [1.54, 1.807) is 25.5 Å². The molecule has 0 aliphatic rings. The van der Waals surface area contributed by atoms with E-state index in [1.165, 1.54) is 0 Å². The van der Waals surface area contributed by atoms with E-state index >= 15 is 0 Å². The third-order valence-electron chi connectivity index (χ3n) is 4.62. The van der Waals surface area contributed by atoms with E-state index in [0.717, 1.165) is 33.8 Å². The number of aromatic nitrogens is 4. The smallest absolute Gasteiger partial charge is 0.325 e. The molecule has 8 heteroatoms. The number of imidazole rings is 1. The zero-order chi connectivity index (χ0) is 20.4. The van der Waals surface area contributed by atoms with Crippen molar-refractivity contribution in [1.82, 2.24) is 19.5 Å². The maximum absolute atomic E-state index is 11.8. The van der Waals surface area contributed by atoms with E-state index in [4.69, 9.17) is 9.26 Å². The third-order valence-corrected chi connectivity index (χ3v) is 4.62. The fourth-order valence-electron chi connectivity index (χ4n) is 3.33. The molecule has 8 nitrogen and oxygen atoms in total. The van der Waals surface area contributed by atoms with Crippen LogP contribution in [0.25, 0.3) is 28.0 Å². The van der Waals surface area contributed by atoms with Crippen LogP contribution < -0.4 is 5.32 Å². The normalized spacial score (nSPS) is 11.0. The molecule has 0 aliphatic carbocycles. The Kier molecular flexibility index (Phi) is 4.99. The number of anilines is 1. The molecule has 3 aromatic heterocycles. The monoisotopic (exact) mass is 391 g/mol. The molecule has 4 rings (SSSR count). The zero-order valence-corrected chi connectivity index (χ0v) is 16.5. The van der Waals surface area contributed by atoms with Gasteiger partial charge in [0.25, 0.3) is 0 Å². The minimum Gasteiger partial charge on any atom is -0.465 e. The highest BCUT2D eigenvalue weighted by Crippen LogP contribution is 2.32. The van der Waals surface area contributed by atoms with Gasteiger partial charge in [-0.3, -0.25) is 14.2 Å². The van der Waals surface area contributed by atoms with Gasteiger partial charge in [0.2, 0.25) is 0 Å². The quantitative estimate of drug-likeness (QED) is 0.501. The van der Waals surface area contributed by atoms with Crippen molar-refractivity contribution < 1.29 is 14.1 Å². The number of hydrogen-bond acceptors (Lipinski definition) is 7. The fraction of sp³-hybridized carbons (Fsp3) is 0.238. The number of hydrogen-bond donors (Lipinski definition) is 1. The van der Waals surface area contributed by atoms with Crippen LogP contribution in [0.1, 0.15) is 18.4 Å². The van der Waals surface area contributed by atoms with Crippen molar-refractivity contribution in [3.63, 3.8) is 0 Å². The molecule has 0 amide bonds. The summed E-state index contributed by atoms with van der Waals surface area (Å²) in [6.07, 6.45) is 5.16. The SMILES string of the molecule is CCOC(=O)CNc1c(-c2ccc(-c3c(C)noc3C)cc2)nc2cnccn12. The highest BCUT2D eigenvalue weighted by Gasteiger charge is 2.17. The van der Waals surface area contributed by atoms with Gasteiger partial charge in [-0.15, -0.1) is 0 Å². The summed E-state index contributed by atoms with van der Waals surface area (Å²) in [5, 5.41) is 7.17. The van der Waals surface area contributed by atoms with Gasteiger partial charge < -0.3 is 14.6 Å². The molecule has 0 spiro atoms. The van der Waals surface area contributed by atoms with Crippen LogP contribution in [0.4, 0.5) is 5.82 Å². The van der Waals surface area contributed by atoms with Gasteiger partial charge in [0.1, 0.15) is 23.8 Å². The van der Waals surface area contributed by atoms with Crippen molar-refractivity contribution >= 4 is 17.4 Å². The molecule has 0 aliphatic heterocycles. The maximum Gasteiger partial charge on any atom is 0.325 e. The topological polar surface area (TPSA) is 94.5 Å². The van der Waals surface area contributed by atoms with E-state index in [2.05, 4.69) is 20.4 Å². The lowest BCUT2D eigenvalue weighted by Crippen LogP contribution is -2.17. The number of fused-ring (bicyclic) bond motifs is 1. The number of rotatable bonds is 6. The maximum atomic E-state index is 11.8. The van der Waals surface area contributed by atoms with Crippen LogP contribution in [-0.2, 0) is 9.53 Å². The molecule has 0 bridgehead atoms. The van der Waals surface area contributed by atoms with Crippen LogP contribution in [0, 0.1) is 13.8 Å². The summed E-state index contributed by atoms with van der Waals surface area (Å²) in [6.45, 7) is 5.99. The van der Waals surface area contributed by atoms with Gasteiger partial charge in [-0.2, -0.15) is 0 Å². The van der Waals surface area contributed by atoms with Gasteiger partial charge in [-0.25, -0.2) is 4.98 Å². The molecule has 0 unspecified atom stereocenters. The summed E-state index contributed by atoms with van der Waals surface area (Å²) in [5.74, 6) is 1.17. The van der Waals surface area contributed by atoms with E-state index in [-0.39, 0.29) is 12.5 Å². The Labute approximate surface area is 167 Å². The van der Waals surface area contributed by atoms with Crippen LogP contribution in [0.5, 0.6) is 0 Å². The van der Waals surface area contributed by atoms with Gasteiger partial charge in [0.15, 0.2) is 5.65 Å². The lowest BCUT2D eigenvalue weighted by atomic mass is 10.0. The largest absolute Gasteiger partial charge is 0.465 e. The van der Waals surface area contributed by atoms with E-state index in [1.807, 2.05) is 42.5 Å². The number of carbonyl (C=O) groups excluding carboxylic acids is 1. The molecule has 4 aromatic rings. The predicted molar refractivity (Wildman–Crippen MR) is 109 cm³/mol. The number of aryl methyl sites for hydroxylation is 2. The average Bonchev–Trinajstić information content (AvgIpc) is 3.26. The molecule has 0 fully saturated rings. The summed E-state index contributed by atoms with van der Waals surface area (Å²) in [4.78, 5) is 20.6. The molecule has 0 saturated carbocycles. The standard InChI is InChI=1S/C21H21N5O3/c1-4-28-18(27)12-23-21-20(24-17-11-22-9-10-26(17)21)16-7-5-15(6-8-16)19-13(2)25-29-14(19)3/h5-11,23H,4,12H2,1-3H3. The molecule has 0 radical (unpaired) electrons. The Hall–Kier alpha value is -3.68. The predicted octanol–water partition coefficient (Wildman–Crippen LogP) is 3.64. The highest BCUT2D eigenvalue weighted by atomic mass is 16.5. The number of ether oxygens (including phenoxy) is 1. The first kappa shape index (κ1) is 18.7. The molecule has 148 valence electrons. The van der Waals surface area contributed by atoms with E-state index in [9.17, 15) is 4.79 Å². The Morgan fingerprint density at radius 1 is 1.21 bits per heavy atom. The second-order valence-electron chi connectivity index (χ2n) is 6.55. The van der Waals surface area contributed by atoms with Crippen molar-refractivity contribution in [2.24, 2.45) is 0 Å².